The van der Waals surface area contributed by atoms with E-state index >= 15 is 0 Å². The minimum atomic E-state index is 0.149. The van der Waals surface area contributed by atoms with E-state index in [-0.39, 0.29) is 6.04 Å². The Bertz CT molecular complexity index is 283. The largest absolute Gasteiger partial charge is 0.286 e. The van der Waals surface area contributed by atoms with Crippen molar-refractivity contribution in [2.45, 2.75) is 31.7 Å². The van der Waals surface area contributed by atoms with Gasteiger partial charge in [-0.05, 0) is 39.8 Å². The summed E-state index contributed by atoms with van der Waals surface area (Å²) >= 11 is 0. The van der Waals surface area contributed by atoms with Gasteiger partial charge in [-0.1, -0.05) is 23.7 Å². The highest BCUT2D eigenvalue weighted by Crippen LogP contribution is 2.28. The molecule has 2 aliphatic rings. The third-order valence-electron chi connectivity index (χ3n) is 2.52. The molecule has 2 rings (SSSR count). The van der Waals surface area contributed by atoms with E-state index < -0.39 is 0 Å². The van der Waals surface area contributed by atoms with Crippen LogP contribution in [0.5, 0.6) is 0 Å². The van der Waals surface area contributed by atoms with Crippen LogP contribution in [-0.2, 0) is 0 Å². The van der Waals surface area contributed by atoms with Gasteiger partial charge in [-0.25, -0.2) is 0 Å². The molecule has 0 radical (unpaired) electrons. The van der Waals surface area contributed by atoms with Crippen LogP contribution >= 0.6 is 0 Å². The number of rotatable bonds is 1. The maximum Gasteiger partial charge on any atom is 0.133 e. The third-order valence-corrected chi connectivity index (χ3v) is 2.52. The first kappa shape index (κ1) is 9.63. The van der Waals surface area contributed by atoms with Crippen molar-refractivity contribution in [3.8, 4) is 23.7 Å². The van der Waals surface area contributed by atoms with Gasteiger partial charge in [0.1, 0.15) is 6.04 Å². The van der Waals surface area contributed by atoms with Gasteiger partial charge in [0.05, 0.1) is 0 Å². The van der Waals surface area contributed by atoms with E-state index in [9.17, 15) is 0 Å². The molecule has 74 valence electrons. The Hall–Kier alpha value is -0.920. The molecule has 0 aromatic rings. The SMILES string of the molecule is CN(C)C(C#CC1CC1)C#CC1CC1. The Morgan fingerprint density at radius 1 is 0.929 bits per heavy atom. The van der Waals surface area contributed by atoms with Crippen LogP contribution < -0.4 is 0 Å². The van der Waals surface area contributed by atoms with Gasteiger partial charge >= 0.3 is 0 Å². The number of hydrogen-bond donors (Lipinski definition) is 0. The average molecular weight is 187 g/mol. The Morgan fingerprint density at radius 3 is 1.64 bits per heavy atom. The molecule has 0 saturated heterocycles. The molecule has 1 nitrogen and oxygen atoms in total. The van der Waals surface area contributed by atoms with E-state index in [1.54, 1.807) is 0 Å². The van der Waals surface area contributed by atoms with Gasteiger partial charge < -0.3 is 0 Å². The minimum Gasteiger partial charge on any atom is -0.286 e. The van der Waals surface area contributed by atoms with E-state index in [1.807, 2.05) is 14.1 Å². The molecule has 14 heavy (non-hydrogen) atoms. The summed E-state index contributed by atoms with van der Waals surface area (Å²) in [5.41, 5.74) is 0. The van der Waals surface area contributed by atoms with E-state index in [0.717, 1.165) is 0 Å². The molecule has 2 fully saturated rings. The molecule has 0 N–H and O–H groups in total. The fourth-order valence-corrected chi connectivity index (χ4v) is 1.14. The van der Waals surface area contributed by atoms with E-state index in [4.69, 9.17) is 0 Å². The van der Waals surface area contributed by atoms with Gasteiger partial charge in [0, 0.05) is 11.8 Å². The van der Waals surface area contributed by atoms with Crippen molar-refractivity contribution in [2.75, 3.05) is 14.1 Å². The zero-order valence-corrected chi connectivity index (χ0v) is 9.01. The Labute approximate surface area is 86.9 Å². The molecule has 2 aliphatic carbocycles. The van der Waals surface area contributed by atoms with Crippen LogP contribution in [0.15, 0.2) is 0 Å². The normalized spacial score (nSPS) is 20.0. The zero-order chi connectivity index (χ0) is 9.97. The topological polar surface area (TPSA) is 3.24 Å². The van der Waals surface area contributed by atoms with Crippen molar-refractivity contribution in [3.05, 3.63) is 0 Å². The summed E-state index contributed by atoms with van der Waals surface area (Å²) < 4.78 is 0. The maximum absolute atomic E-state index is 3.29. The quantitative estimate of drug-likeness (QED) is 0.565. The lowest BCUT2D eigenvalue weighted by Gasteiger charge is -2.11. The van der Waals surface area contributed by atoms with Crippen molar-refractivity contribution >= 4 is 0 Å². The summed E-state index contributed by atoms with van der Waals surface area (Å²) in [6.07, 6.45) is 5.18. The summed E-state index contributed by atoms with van der Waals surface area (Å²) in [4.78, 5) is 2.10. The molecule has 0 aromatic carbocycles. The van der Waals surface area contributed by atoms with Crippen molar-refractivity contribution in [1.82, 2.24) is 4.90 Å². The molecule has 0 unspecified atom stereocenters. The lowest BCUT2D eigenvalue weighted by atomic mass is 10.2. The second-order valence-corrected chi connectivity index (χ2v) is 4.49. The van der Waals surface area contributed by atoms with Gasteiger partial charge in [-0.2, -0.15) is 0 Å². The molecule has 0 spiro atoms. The maximum atomic E-state index is 3.29. The highest BCUT2D eigenvalue weighted by atomic mass is 15.1. The molecule has 0 bridgehead atoms. The molecule has 0 atom stereocenters. The highest BCUT2D eigenvalue weighted by molar-refractivity contribution is 5.26. The first-order chi connectivity index (χ1) is 6.75. The Balaban J connectivity index is 1.93. The third kappa shape index (κ3) is 3.09. The average Bonchev–Trinajstić information content (AvgIpc) is 3.00. The van der Waals surface area contributed by atoms with Crippen LogP contribution in [0.4, 0.5) is 0 Å². The van der Waals surface area contributed by atoms with Gasteiger partial charge in [-0.15, -0.1) is 0 Å². The zero-order valence-electron chi connectivity index (χ0n) is 9.01. The number of hydrogen-bond acceptors (Lipinski definition) is 1. The standard InChI is InChI=1S/C13H17N/c1-14(2)13(9-7-11-3-4-11)10-8-12-5-6-12/h11-13H,3-6H2,1-2H3. The van der Waals surface area contributed by atoms with E-state index in [2.05, 4.69) is 28.6 Å². The van der Waals surface area contributed by atoms with Crippen LogP contribution in [0.25, 0.3) is 0 Å². The first-order valence-electron chi connectivity index (χ1n) is 5.44. The van der Waals surface area contributed by atoms with E-state index in [0.29, 0.717) is 11.8 Å². The van der Waals surface area contributed by atoms with Crippen LogP contribution in [0.1, 0.15) is 25.7 Å². The van der Waals surface area contributed by atoms with Gasteiger partial charge in [0.2, 0.25) is 0 Å². The summed E-state index contributed by atoms with van der Waals surface area (Å²) in [6, 6.07) is 0.149. The summed E-state index contributed by atoms with van der Waals surface area (Å²) in [5.74, 6) is 14.5. The van der Waals surface area contributed by atoms with Crippen molar-refractivity contribution in [1.29, 1.82) is 0 Å². The molecule has 1 heteroatoms. The fourth-order valence-electron chi connectivity index (χ4n) is 1.14. The lowest BCUT2D eigenvalue weighted by Crippen LogP contribution is -2.24. The smallest absolute Gasteiger partial charge is 0.133 e. The predicted octanol–water partition coefficient (Wildman–Crippen LogP) is 1.74. The second-order valence-electron chi connectivity index (χ2n) is 4.49. The molecule has 0 heterocycles. The monoisotopic (exact) mass is 187 g/mol. The van der Waals surface area contributed by atoms with Crippen LogP contribution in [0.2, 0.25) is 0 Å². The minimum absolute atomic E-state index is 0.149. The molecular weight excluding hydrogens is 170 g/mol. The van der Waals surface area contributed by atoms with Crippen molar-refractivity contribution in [3.63, 3.8) is 0 Å². The van der Waals surface area contributed by atoms with Crippen LogP contribution in [-0.4, -0.2) is 25.0 Å². The Morgan fingerprint density at radius 2 is 1.36 bits per heavy atom. The first-order valence-corrected chi connectivity index (χ1v) is 5.44. The summed E-state index contributed by atoms with van der Waals surface area (Å²) in [6.45, 7) is 0. The fraction of sp³-hybridized carbons (Fsp3) is 0.692. The van der Waals surface area contributed by atoms with Gasteiger partial charge in [0.25, 0.3) is 0 Å². The van der Waals surface area contributed by atoms with Crippen molar-refractivity contribution < 1.29 is 0 Å². The molecule has 2 saturated carbocycles. The van der Waals surface area contributed by atoms with Crippen LogP contribution in [0.3, 0.4) is 0 Å². The molecule has 0 aliphatic heterocycles. The van der Waals surface area contributed by atoms with Crippen molar-refractivity contribution in [2.24, 2.45) is 11.8 Å². The lowest BCUT2D eigenvalue weighted by molar-refractivity contribution is 0.408. The second kappa shape index (κ2) is 4.07. The summed E-state index contributed by atoms with van der Waals surface area (Å²) in [7, 11) is 4.10. The predicted molar refractivity (Wildman–Crippen MR) is 58.5 cm³/mol. The van der Waals surface area contributed by atoms with Crippen LogP contribution in [0, 0.1) is 35.5 Å². The van der Waals surface area contributed by atoms with Gasteiger partial charge in [0.15, 0.2) is 0 Å². The van der Waals surface area contributed by atoms with Gasteiger partial charge in [-0.3, -0.25) is 4.90 Å². The van der Waals surface area contributed by atoms with E-state index in [1.165, 1.54) is 25.7 Å². The Kier molecular flexibility index (Phi) is 2.80. The molecular formula is C13H17N. The number of nitrogens with zero attached hydrogens (tertiary/aromatic N) is 1. The molecule has 0 aromatic heterocycles. The molecule has 0 amide bonds. The summed E-state index contributed by atoms with van der Waals surface area (Å²) in [5, 5.41) is 0. The highest BCUT2D eigenvalue weighted by Gasteiger charge is 2.19.